The zero-order chi connectivity index (χ0) is 15.4. The topological polar surface area (TPSA) is 12.0 Å². The molecule has 0 bridgehead atoms. The third-order valence-corrected chi connectivity index (χ3v) is 5.72. The smallest absolute Gasteiger partial charge is 0.0402 e. The van der Waals surface area contributed by atoms with Crippen LogP contribution in [-0.2, 0) is 6.42 Å². The van der Waals surface area contributed by atoms with Crippen LogP contribution in [0.1, 0.15) is 55.8 Å². The Hall–Kier alpha value is -0.640. The Kier molecular flexibility index (Phi) is 6.03. The van der Waals surface area contributed by atoms with Crippen molar-refractivity contribution in [2.24, 2.45) is 5.92 Å². The van der Waals surface area contributed by atoms with Gasteiger partial charge in [-0.2, -0.15) is 0 Å². The van der Waals surface area contributed by atoms with Gasteiger partial charge in [0, 0.05) is 21.4 Å². The highest BCUT2D eigenvalue weighted by atomic mass is 79.9. The summed E-state index contributed by atoms with van der Waals surface area (Å²) < 4.78 is 1.20. The summed E-state index contributed by atoms with van der Waals surface area (Å²) in [5.41, 5.74) is 2.78. The van der Waals surface area contributed by atoms with E-state index in [9.17, 15) is 0 Å². The van der Waals surface area contributed by atoms with E-state index in [1.165, 1.54) is 20.5 Å². The number of rotatable bonds is 6. The van der Waals surface area contributed by atoms with Crippen LogP contribution in [0.2, 0.25) is 0 Å². The molecule has 0 saturated heterocycles. The minimum Gasteiger partial charge on any atom is -0.303 e. The minimum absolute atomic E-state index is 0.349. The van der Waals surface area contributed by atoms with Gasteiger partial charge in [0.1, 0.15) is 0 Å². The highest BCUT2D eigenvalue weighted by molar-refractivity contribution is 9.10. The van der Waals surface area contributed by atoms with Crippen LogP contribution in [-0.4, -0.2) is 0 Å². The van der Waals surface area contributed by atoms with Crippen molar-refractivity contribution in [2.45, 2.75) is 46.2 Å². The van der Waals surface area contributed by atoms with Crippen LogP contribution in [0.3, 0.4) is 0 Å². The average molecular weight is 366 g/mol. The number of hydrogen-bond donors (Lipinski definition) is 1. The van der Waals surface area contributed by atoms with Crippen molar-refractivity contribution < 1.29 is 0 Å². The molecule has 0 spiro atoms. The maximum absolute atomic E-state index is 3.68. The summed E-state index contributed by atoms with van der Waals surface area (Å²) in [6.45, 7) is 8.98. The summed E-state index contributed by atoms with van der Waals surface area (Å²) >= 11 is 5.41. The Morgan fingerprint density at radius 2 is 1.67 bits per heavy atom. The van der Waals surface area contributed by atoms with Gasteiger partial charge in [0.15, 0.2) is 0 Å². The fraction of sp³-hybridized carbons (Fsp3) is 0.444. The van der Waals surface area contributed by atoms with Crippen LogP contribution in [0.15, 0.2) is 40.2 Å². The molecule has 1 N–H and O–H groups in total. The maximum Gasteiger partial charge on any atom is 0.0402 e. The zero-order valence-electron chi connectivity index (χ0n) is 13.2. The molecule has 2 unspecified atom stereocenters. The third kappa shape index (κ3) is 4.67. The summed E-state index contributed by atoms with van der Waals surface area (Å²) in [5, 5.41) is 5.81. The fourth-order valence-electron chi connectivity index (χ4n) is 2.58. The van der Waals surface area contributed by atoms with Gasteiger partial charge in [-0.25, -0.2) is 0 Å². The van der Waals surface area contributed by atoms with Gasteiger partial charge >= 0.3 is 0 Å². The molecule has 0 radical (unpaired) electrons. The summed E-state index contributed by atoms with van der Waals surface area (Å²) in [6, 6.07) is 11.9. The quantitative estimate of drug-likeness (QED) is 0.649. The third-order valence-electron chi connectivity index (χ3n) is 3.66. The van der Waals surface area contributed by atoms with Gasteiger partial charge in [-0.15, -0.1) is 11.3 Å². The van der Waals surface area contributed by atoms with Crippen LogP contribution in [0, 0.1) is 5.92 Å². The average Bonchev–Trinajstić information content (AvgIpc) is 2.85. The standard InChI is InChI=1S/C18H24BrNS/c1-12(2)11-15-5-7-16(8-6-15)13(3)20-14(4)18-17(19)9-10-21-18/h5-10,12-14,20H,11H2,1-4H3. The van der Waals surface area contributed by atoms with Crippen molar-refractivity contribution in [3.63, 3.8) is 0 Å². The van der Waals surface area contributed by atoms with Crippen molar-refractivity contribution >= 4 is 27.3 Å². The lowest BCUT2D eigenvalue weighted by molar-refractivity contribution is 0.499. The van der Waals surface area contributed by atoms with Gasteiger partial charge in [-0.1, -0.05) is 38.1 Å². The number of nitrogens with one attached hydrogen (secondary N) is 1. The van der Waals surface area contributed by atoms with Crippen molar-refractivity contribution in [3.8, 4) is 0 Å². The van der Waals surface area contributed by atoms with Crippen LogP contribution in [0.5, 0.6) is 0 Å². The van der Waals surface area contributed by atoms with E-state index in [0.29, 0.717) is 18.0 Å². The van der Waals surface area contributed by atoms with E-state index < -0.39 is 0 Å². The molecule has 0 aliphatic heterocycles. The number of benzene rings is 1. The monoisotopic (exact) mass is 365 g/mol. The maximum atomic E-state index is 3.68. The van der Waals surface area contributed by atoms with Gasteiger partial charge < -0.3 is 5.32 Å². The molecule has 0 aliphatic rings. The highest BCUT2D eigenvalue weighted by Crippen LogP contribution is 2.30. The Bertz CT molecular complexity index is 559. The predicted octanol–water partition coefficient (Wildman–Crippen LogP) is 6.12. The Morgan fingerprint density at radius 3 is 2.19 bits per heavy atom. The Balaban J connectivity index is 2.00. The lowest BCUT2D eigenvalue weighted by Gasteiger charge is -2.20. The van der Waals surface area contributed by atoms with E-state index in [-0.39, 0.29) is 0 Å². The first-order chi connectivity index (χ1) is 9.97. The molecular formula is C18H24BrNS. The number of thiophene rings is 1. The number of hydrogen-bond acceptors (Lipinski definition) is 2. The molecule has 1 nitrogen and oxygen atoms in total. The Labute approximate surface area is 140 Å². The van der Waals surface area contributed by atoms with Gasteiger partial charge in [0.2, 0.25) is 0 Å². The molecule has 0 amide bonds. The lowest BCUT2D eigenvalue weighted by Crippen LogP contribution is -2.22. The second-order valence-corrected chi connectivity index (χ2v) is 7.88. The van der Waals surface area contributed by atoms with Gasteiger partial charge in [-0.05, 0) is 64.7 Å². The van der Waals surface area contributed by atoms with E-state index in [0.717, 1.165) is 6.42 Å². The van der Waals surface area contributed by atoms with Crippen LogP contribution >= 0.6 is 27.3 Å². The fourth-order valence-corrected chi connectivity index (χ4v) is 4.31. The summed E-state index contributed by atoms with van der Waals surface area (Å²) in [5.74, 6) is 0.711. The van der Waals surface area contributed by atoms with Crippen LogP contribution in [0.25, 0.3) is 0 Å². The molecular weight excluding hydrogens is 342 g/mol. The molecule has 0 aliphatic carbocycles. The lowest BCUT2D eigenvalue weighted by atomic mass is 9.99. The van der Waals surface area contributed by atoms with Gasteiger partial charge in [-0.3, -0.25) is 0 Å². The summed E-state index contributed by atoms with van der Waals surface area (Å²) in [4.78, 5) is 1.36. The largest absolute Gasteiger partial charge is 0.303 e. The first-order valence-corrected chi connectivity index (χ1v) is 9.22. The van der Waals surface area contributed by atoms with E-state index in [1.54, 1.807) is 11.3 Å². The molecule has 3 heteroatoms. The molecule has 2 aromatic rings. The molecule has 2 atom stereocenters. The first-order valence-electron chi connectivity index (χ1n) is 7.55. The van der Waals surface area contributed by atoms with E-state index in [1.807, 2.05) is 0 Å². The SMILES string of the molecule is CC(C)Cc1ccc(C(C)NC(C)c2sccc2Br)cc1. The molecule has 1 aromatic heterocycles. The minimum atomic E-state index is 0.349. The van der Waals surface area contributed by atoms with Crippen molar-refractivity contribution in [1.29, 1.82) is 0 Å². The van der Waals surface area contributed by atoms with Gasteiger partial charge in [0.05, 0.1) is 0 Å². The number of halogens is 1. The highest BCUT2D eigenvalue weighted by Gasteiger charge is 2.14. The van der Waals surface area contributed by atoms with Crippen molar-refractivity contribution in [2.75, 3.05) is 0 Å². The molecule has 0 saturated carbocycles. The van der Waals surface area contributed by atoms with E-state index in [2.05, 4.69) is 84.7 Å². The van der Waals surface area contributed by atoms with Crippen LogP contribution in [0.4, 0.5) is 0 Å². The summed E-state index contributed by atoms with van der Waals surface area (Å²) in [6.07, 6.45) is 1.15. The Morgan fingerprint density at radius 1 is 1.00 bits per heavy atom. The normalized spacial score (nSPS) is 14.4. The molecule has 1 aromatic carbocycles. The van der Waals surface area contributed by atoms with E-state index >= 15 is 0 Å². The zero-order valence-corrected chi connectivity index (χ0v) is 15.6. The van der Waals surface area contributed by atoms with Crippen molar-refractivity contribution in [1.82, 2.24) is 5.32 Å². The summed E-state index contributed by atoms with van der Waals surface area (Å²) in [7, 11) is 0. The molecule has 21 heavy (non-hydrogen) atoms. The second-order valence-electron chi connectivity index (χ2n) is 6.08. The van der Waals surface area contributed by atoms with Crippen molar-refractivity contribution in [3.05, 3.63) is 56.2 Å². The molecule has 1 heterocycles. The molecule has 114 valence electrons. The second kappa shape index (κ2) is 7.57. The van der Waals surface area contributed by atoms with Gasteiger partial charge in [0.25, 0.3) is 0 Å². The van der Waals surface area contributed by atoms with E-state index in [4.69, 9.17) is 0 Å². The van der Waals surface area contributed by atoms with Crippen LogP contribution < -0.4 is 5.32 Å². The first kappa shape index (κ1) is 16.7. The predicted molar refractivity (Wildman–Crippen MR) is 97.0 cm³/mol. The molecule has 0 fully saturated rings. The molecule has 2 rings (SSSR count).